The first kappa shape index (κ1) is 16.6. The molecule has 26 heavy (non-hydrogen) atoms. The van der Waals surface area contributed by atoms with Gasteiger partial charge in [0.25, 0.3) is 5.91 Å². The van der Waals surface area contributed by atoms with Gasteiger partial charge < -0.3 is 14.0 Å². The van der Waals surface area contributed by atoms with E-state index in [1.165, 1.54) is 5.56 Å². The molecule has 1 aliphatic rings. The van der Waals surface area contributed by atoms with Gasteiger partial charge in [-0.3, -0.25) is 4.79 Å². The molecule has 0 spiro atoms. The predicted molar refractivity (Wildman–Crippen MR) is 101 cm³/mol. The lowest BCUT2D eigenvalue weighted by Gasteiger charge is -2.34. The zero-order chi connectivity index (χ0) is 17.9. The van der Waals surface area contributed by atoms with E-state index >= 15 is 0 Å². The Kier molecular flexibility index (Phi) is 4.61. The summed E-state index contributed by atoms with van der Waals surface area (Å²) in [5.74, 6) is 1.14. The van der Waals surface area contributed by atoms with Crippen molar-refractivity contribution in [1.29, 1.82) is 0 Å². The first-order chi connectivity index (χ1) is 12.7. The Labute approximate surface area is 153 Å². The molecule has 1 saturated heterocycles. The van der Waals surface area contributed by atoms with Crippen molar-refractivity contribution in [3.05, 3.63) is 78.1 Å². The van der Waals surface area contributed by atoms with Gasteiger partial charge >= 0.3 is 0 Å². The smallest absolute Gasteiger partial charge is 0.253 e. The number of nitrogens with zero attached hydrogens (tertiary/aromatic N) is 4. The van der Waals surface area contributed by atoms with Crippen molar-refractivity contribution in [1.82, 2.24) is 19.0 Å². The molecule has 0 aliphatic carbocycles. The molecule has 0 N–H and O–H groups in total. The summed E-state index contributed by atoms with van der Waals surface area (Å²) >= 11 is 0. The number of piperidine rings is 1. The Morgan fingerprint density at radius 3 is 2.62 bits per heavy atom. The lowest BCUT2D eigenvalue weighted by molar-refractivity contribution is 0.0678. The van der Waals surface area contributed by atoms with Crippen LogP contribution in [0.1, 0.15) is 40.6 Å². The van der Waals surface area contributed by atoms with Crippen LogP contribution in [0.5, 0.6) is 0 Å². The van der Waals surface area contributed by atoms with Crippen molar-refractivity contribution >= 4 is 5.91 Å². The van der Waals surface area contributed by atoms with Crippen LogP contribution in [0.2, 0.25) is 0 Å². The molecular formula is C21H24N4O. The predicted octanol–water partition coefficient (Wildman–Crippen LogP) is 3.52. The lowest BCUT2D eigenvalue weighted by Crippen LogP contribution is -2.40. The average Bonchev–Trinajstić information content (AvgIpc) is 3.33. The van der Waals surface area contributed by atoms with Gasteiger partial charge in [0.05, 0.1) is 6.04 Å². The number of likely N-dealkylation sites (tertiary alicyclic amines) is 1. The summed E-state index contributed by atoms with van der Waals surface area (Å²) in [4.78, 5) is 19.2. The topological polar surface area (TPSA) is 43.1 Å². The molecule has 5 heteroatoms. The minimum Gasteiger partial charge on any atom is -0.350 e. The van der Waals surface area contributed by atoms with Crippen LogP contribution in [-0.4, -0.2) is 38.0 Å². The van der Waals surface area contributed by atoms with Crippen LogP contribution in [0.3, 0.4) is 0 Å². The molecule has 1 aliphatic heterocycles. The maximum atomic E-state index is 12.9. The molecule has 134 valence electrons. The summed E-state index contributed by atoms with van der Waals surface area (Å²) in [7, 11) is 0. The molecule has 3 heterocycles. The number of benzene rings is 1. The second-order valence-corrected chi connectivity index (χ2v) is 6.98. The van der Waals surface area contributed by atoms with E-state index in [4.69, 9.17) is 0 Å². The Hall–Kier alpha value is -2.82. The van der Waals surface area contributed by atoms with Crippen LogP contribution in [0.4, 0.5) is 0 Å². The molecule has 0 bridgehead atoms. The summed E-state index contributed by atoms with van der Waals surface area (Å²) in [5, 5.41) is 0. The fraction of sp³-hybridized carbons (Fsp3) is 0.333. The Morgan fingerprint density at radius 1 is 1.15 bits per heavy atom. The second-order valence-electron chi connectivity index (χ2n) is 6.98. The van der Waals surface area contributed by atoms with Gasteiger partial charge in [0.15, 0.2) is 0 Å². The highest BCUT2D eigenvalue weighted by molar-refractivity contribution is 5.94. The highest BCUT2D eigenvalue weighted by atomic mass is 16.2. The van der Waals surface area contributed by atoms with Gasteiger partial charge in [-0.15, -0.1) is 0 Å². The molecule has 1 fully saturated rings. The van der Waals surface area contributed by atoms with E-state index < -0.39 is 0 Å². The Bertz CT molecular complexity index is 864. The number of aryl methyl sites for hydroxylation is 1. The second kappa shape index (κ2) is 7.20. The number of amides is 1. The molecular weight excluding hydrogens is 324 g/mol. The van der Waals surface area contributed by atoms with Crippen LogP contribution in [0.15, 0.2) is 61.2 Å². The minimum absolute atomic E-state index is 0.125. The third-order valence-electron chi connectivity index (χ3n) is 5.17. The average molecular weight is 348 g/mol. The van der Waals surface area contributed by atoms with Crippen molar-refractivity contribution < 1.29 is 4.79 Å². The van der Waals surface area contributed by atoms with Gasteiger partial charge in [0.1, 0.15) is 5.82 Å². The number of aromatic nitrogens is 3. The lowest BCUT2D eigenvalue weighted by atomic mass is 10.0. The van der Waals surface area contributed by atoms with Crippen LogP contribution in [0.25, 0.3) is 0 Å². The van der Waals surface area contributed by atoms with E-state index in [1.807, 2.05) is 60.9 Å². The van der Waals surface area contributed by atoms with E-state index in [0.29, 0.717) is 6.04 Å². The van der Waals surface area contributed by atoms with Crippen LogP contribution in [0, 0.1) is 6.92 Å². The highest BCUT2D eigenvalue weighted by Crippen LogP contribution is 2.24. The van der Waals surface area contributed by atoms with E-state index in [1.54, 1.807) is 0 Å². The Morgan fingerprint density at radius 2 is 1.92 bits per heavy atom. The number of carbonyl (C=O) groups is 1. The SMILES string of the molecule is Cc1nccn1C1CCCN(C(=O)c2ccc(Cn3cccc3)cc2)C1. The van der Waals surface area contributed by atoms with Crippen molar-refractivity contribution in [3.63, 3.8) is 0 Å². The van der Waals surface area contributed by atoms with E-state index in [2.05, 4.69) is 26.3 Å². The van der Waals surface area contributed by atoms with Crippen molar-refractivity contribution in [3.8, 4) is 0 Å². The normalized spacial score (nSPS) is 17.4. The van der Waals surface area contributed by atoms with Gasteiger partial charge in [-0.2, -0.15) is 0 Å². The summed E-state index contributed by atoms with van der Waals surface area (Å²) in [6, 6.07) is 12.4. The van der Waals surface area contributed by atoms with E-state index in [9.17, 15) is 4.79 Å². The third-order valence-corrected chi connectivity index (χ3v) is 5.17. The summed E-state index contributed by atoms with van der Waals surface area (Å²) < 4.78 is 4.32. The van der Waals surface area contributed by atoms with Gasteiger partial charge in [0.2, 0.25) is 0 Å². The largest absolute Gasteiger partial charge is 0.350 e. The fourth-order valence-corrected chi connectivity index (χ4v) is 3.76. The quantitative estimate of drug-likeness (QED) is 0.724. The molecule has 1 unspecified atom stereocenters. The summed E-state index contributed by atoms with van der Waals surface area (Å²) in [6.45, 7) is 4.42. The van der Waals surface area contributed by atoms with Crippen LogP contribution >= 0.6 is 0 Å². The number of rotatable bonds is 4. The summed E-state index contributed by atoms with van der Waals surface area (Å²) in [5.41, 5.74) is 1.97. The first-order valence-corrected chi connectivity index (χ1v) is 9.19. The third kappa shape index (κ3) is 3.43. The zero-order valence-electron chi connectivity index (χ0n) is 15.1. The first-order valence-electron chi connectivity index (χ1n) is 9.19. The molecule has 0 saturated carbocycles. The molecule has 1 aromatic carbocycles. The highest BCUT2D eigenvalue weighted by Gasteiger charge is 2.26. The van der Waals surface area contributed by atoms with Gasteiger partial charge in [-0.05, 0) is 49.6 Å². The molecule has 2 aromatic heterocycles. The van der Waals surface area contributed by atoms with Gasteiger partial charge in [-0.1, -0.05) is 12.1 Å². The van der Waals surface area contributed by atoms with Crippen molar-refractivity contribution in [2.75, 3.05) is 13.1 Å². The molecule has 5 nitrogen and oxygen atoms in total. The Balaban J connectivity index is 1.44. The van der Waals surface area contributed by atoms with Crippen LogP contribution in [-0.2, 0) is 6.54 Å². The maximum Gasteiger partial charge on any atom is 0.253 e. The molecule has 0 radical (unpaired) electrons. The van der Waals surface area contributed by atoms with E-state index in [-0.39, 0.29) is 5.91 Å². The standard InChI is InChI=1S/C21H24N4O/c1-17-22-10-14-25(17)20-5-4-13-24(16-20)21(26)19-8-6-18(7-9-19)15-23-11-2-3-12-23/h2-3,6-12,14,20H,4-5,13,15-16H2,1H3. The fourth-order valence-electron chi connectivity index (χ4n) is 3.76. The van der Waals surface area contributed by atoms with Crippen LogP contribution < -0.4 is 0 Å². The zero-order valence-corrected chi connectivity index (χ0v) is 15.1. The number of hydrogen-bond acceptors (Lipinski definition) is 2. The summed E-state index contributed by atoms with van der Waals surface area (Å²) in [6.07, 6.45) is 10.1. The minimum atomic E-state index is 0.125. The van der Waals surface area contributed by atoms with Gasteiger partial charge in [-0.25, -0.2) is 4.98 Å². The maximum absolute atomic E-state index is 12.9. The van der Waals surface area contributed by atoms with Crippen molar-refractivity contribution in [2.45, 2.75) is 32.4 Å². The van der Waals surface area contributed by atoms with Crippen molar-refractivity contribution in [2.24, 2.45) is 0 Å². The number of carbonyl (C=O) groups excluding carboxylic acids is 1. The number of hydrogen-bond donors (Lipinski definition) is 0. The molecule has 3 aromatic rings. The molecule has 1 atom stereocenters. The molecule has 4 rings (SSSR count). The van der Waals surface area contributed by atoms with Gasteiger partial charge in [0, 0.05) is 50.0 Å². The monoisotopic (exact) mass is 348 g/mol. The number of imidazole rings is 1. The molecule has 1 amide bonds. The van der Waals surface area contributed by atoms with E-state index in [0.717, 1.165) is 43.9 Å².